The van der Waals surface area contributed by atoms with E-state index in [2.05, 4.69) is 29.3 Å². The Hall–Kier alpha value is -1.30. The first-order valence-corrected chi connectivity index (χ1v) is 12.8. The van der Waals surface area contributed by atoms with Gasteiger partial charge in [-0.05, 0) is 118 Å². The van der Waals surface area contributed by atoms with E-state index in [1.165, 1.54) is 56.2 Å². The van der Waals surface area contributed by atoms with Gasteiger partial charge in [-0.1, -0.05) is 13.3 Å². The predicted octanol–water partition coefficient (Wildman–Crippen LogP) is 4.35. The number of tetrazole rings is 1. The van der Waals surface area contributed by atoms with Crippen LogP contribution in [0.4, 0.5) is 0 Å². The first-order valence-electron chi connectivity index (χ1n) is 12.8. The molecule has 4 aliphatic carbocycles. The summed E-state index contributed by atoms with van der Waals surface area (Å²) >= 11 is 0. The monoisotopic (exact) mass is 428 g/mol. The van der Waals surface area contributed by atoms with E-state index in [9.17, 15) is 9.90 Å². The molecule has 0 bridgehead atoms. The van der Waals surface area contributed by atoms with Crippen LogP contribution in [0.1, 0.15) is 90.3 Å². The fraction of sp³-hybridized carbons (Fsp3) is 0.920. The molecule has 4 saturated carbocycles. The summed E-state index contributed by atoms with van der Waals surface area (Å²) in [6, 6.07) is 0. The maximum atomic E-state index is 13.3. The van der Waals surface area contributed by atoms with Crippen LogP contribution < -0.4 is 0 Å². The maximum Gasteiger partial charge on any atom is 0.171 e. The van der Waals surface area contributed by atoms with E-state index in [4.69, 9.17) is 0 Å². The number of aryl methyl sites for hydroxylation is 1. The van der Waals surface area contributed by atoms with E-state index in [1.807, 2.05) is 6.92 Å². The van der Waals surface area contributed by atoms with Crippen LogP contribution in [0, 0.1) is 47.8 Å². The van der Waals surface area contributed by atoms with E-state index in [0.29, 0.717) is 34.8 Å². The number of aliphatic hydroxyl groups is 1. The Balaban J connectivity index is 1.34. The number of hydrogen-bond donors (Lipinski definition) is 1. The summed E-state index contributed by atoms with van der Waals surface area (Å²) in [5, 5.41) is 23.0. The van der Waals surface area contributed by atoms with Crippen LogP contribution in [-0.2, 0) is 11.3 Å². The normalized spacial score (nSPS) is 44.8. The number of aromatic nitrogens is 4. The summed E-state index contributed by atoms with van der Waals surface area (Å²) in [4.78, 5) is 14.7. The van der Waals surface area contributed by atoms with Gasteiger partial charge in [-0.2, -0.15) is 4.80 Å². The molecule has 0 amide bonds. The Morgan fingerprint density at radius 2 is 1.90 bits per heavy atom. The molecular formula is C25H40N4O2. The highest BCUT2D eigenvalue weighted by Crippen LogP contribution is 2.65. The Kier molecular flexibility index (Phi) is 5.51. The Morgan fingerprint density at radius 1 is 1.10 bits per heavy atom. The molecule has 6 nitrogen and oxygen atoms in total. The zero-order chi connectivity index (χ0) is 21.8. The van der Waals surface area contributed by atoms with Gasteiger partial charge in [0.15, 0.2) is 11.6 Å². The minimum atomic E-state index is -0.469. The molecule has 0 aromatic carbocycles. The van der Waals surface area contributed by atoms with Crippen molar-refractivity contribution < 1.29 is 9.90 Å². The van der Waals surface area contributed by atoms with Gasteiger partial charge in [-0.15, -0.1) is 10.2 Å². The summed E-state index contributed by atoms with van der Waals surface area (Å²) < 4.78 is 0. The van der Waals surface area contributed by atoms with Crippen molar-refractivity contribution in [1.29, 1.82) is 0 Å². The average Bonchev–Trinajstić information content (AvgIpc) is 3.16. The zero-order valence-electron chi connectivity index (χ0n) is 19.6. The maximum absolute atomic E-state index is 13.3. The quantitative estimate of drug-likeness (QED) is 0.771. The van der Waals surface area contributed by atoms with Crippen molar-refractivity contribution in [3.8, 4) is 0 Å². The number of carbonyl (C=O) groups is 1. The SMILES string of the molecule is CC[C@]12CC[C@@](C)(O)C[C@H]1CC[C@H]1[C@@H]3CCC[C@H](C(=O)Cn4nnc(C)n4)[C@H]3CC[C@@H]12. The lowest BCUT2D eigenvalue weighted by Gasteiger charge is -2.62. The van der Waals surface area contributed by atoms with Crippen LogP contribution in [-0.4, -0.2) is 36.7 Å². The summed E-state index contributed by atoms with van der Waals surface area (Å²) in [5.41, 5.74) is -0.0429. The molecule has 0 spiro atoms. The van der Waals surface area contributed by atoms with Gasteiger partial charge in [-0.25, -0.2) is 0 Å². The standard InChI is InChI=1S/C25H40N4O2/c1-4-25-13-12-24(3,31)14-17(25)8-9-20-18-6-5-7-21(19(18)10-11-22(20)25)23(30)15-29-27-16(2)26-28-29/h17-22,31H,4-15H2,1-3H3/t17-,18-,19+,20+,21+,22+,24-,25+/m1/s1. The van der Waals surface area contributed by atoms with Crippen molar-refractivity contribution in [2.24, 2.45) is 40.9 Å². The van der Waals surface area contributed by atoms with Crippen molar-refractivity contribution in [2.45, 2.75) is 104 Å². The lowest BCUT2D eigenvalue weighted by atomic mass is 9.43. The second-order valence-corrected chi connectivity index (χ2v) is 11.6. The van der Waals surface area contributed by atoms with Gasteiger partial charge in [0.2, 0.25) is 0 Å². The van der Waals surface area contributed by atoms with Gasteiger partial charge in [-0.3, -0.25) is 4.79 Å². The van der Waals surface area contributed by atoms with Gasteiger partial charge in [0.1, 0.15) is 6.54 Å². The topological polar surface area (TPSA) is 80.9 Å². The third-order valence-electron chi connectivity index (χ3n) is 10.1. The molecule has 172 valence electrons. The number of carbonyl (C=O) groups excluding carboxylic acids is 1. The van der Waals surface area contributed by atoms with E-state index in [-0.39, 0.29) is 12.5 Å². The van der Waals surface area contributed by atoms with E-state index < -0.39 is 5.60 Å². The molecule has 31 heavy (non-hydrogen) atoms. The zero-order valence-corrected chi connectivity index (χ0v) is 19.6. The largest absolute Gasteiger partial charge is 0.390 e. The molecule has 0 saturated heterocycles. The second kappa shape index (κ2) is 7.93. The number of nitrogens with zero attached hydrogens (tertiary/aromatic N) is 4. The molecule has 0 radical (unpaired) electrons. The van der Waals surface area contributed by atoms with Crippen LogP contribution in [0.5, 0.6) is 0 Å². The first-order chi connectivity index (χ1) is 14.8. The van der Waals surface area contributed by atoms with Gasteiger partial charge in [0.05, 0.1) is 5.60 Å². The van der Waals surface area contributed by atoms with Crippen LogP contribution >= 0.6 is 0 Å². The molecule has 6 heteroatoms. The summed E-state index contributed by atoms with van der Waals surface area (Å²) in [5.74, 6) is 4.63. The molecule has 0 unspecified atom stereocenters. The van der Waals surface area contributed by atoms with Gasteiger partial charge in [0, 0.05) is 5.92 Å². The smallest absolute Gasteiger partial charge is 0.171 e. The third-order valence-corrected chi connectivity index (χ3v) is 10.1. The van der Waals surface area contributed by atoms with E-state index in [1.54, 1.807) is 0 Å². The lowest BCUT2D eigenvalue weighted by Crippen LogP contribution is -2.56. The molecule has 4 aliphatic rings. The minimum absolute atomic E-state index is 0.174. The molecule has 1 aromatic rings. The number of fused-ring (bicyclic) bond motifs is 5. The van der Waals surface area contributed by atoms with E-state index in [0.717, 1.165) is 31.1 Å². The van der Waals surface area contributed by atoms with Crippen molar-refractivity contribution >= 4 is 5.78 Å². The Labute approximate surface area is 186 Å². The Morgan fingerprint density at radius 3 is 2.65 bits per heavy atom. The predicted molar refractivity (Wildman–Crippen MR) is 118 cm³/mol. The third kappa shape index (κ3) is 3.67. The molecule has 1 heterocycles. The molecule has 1 N–H and O–H groups in total. The highest BCUT2D eigenvalue weighted by molar-refractivity contribution is 5.81. The molecular weight excluding hydrogens is 388 g/mol. The van der Waals surface area contributed by atoms with Gasteiger partial charge >= 0.3 is 0 Å². The summed E-state index contributed by atoms with van der Waals surface area (Å²) in [6.45, 7) is 6.55. The lowest BCUT2D eigenvalue weighted by molar-refractivity contribution is -0.157. The van der Waals surface area contributed by atoms with Crippen LogP contribution in [0.3, 0.4) is 0 Å². The van der Waals surface area contributed by atoms with Gasteiger partial charge < -0.3 is 5.11 Å². The van der Waals surface area contributed by atoms with Crippen LogP contribution in [0.2, 0.25) is 0 Å². The minimum Gasteiger partial charge on any atom is -0.390 e. The first kappa shape index (κ1) is 21.5. The van der Waals surface area contributed by atoms with Crippen molar-refractivity contribution in [3.63, 3.8) is 0 Å². The highest BCUT2D eigenvalue weighted by atomic mass is 16.3. The Bertz CT molecular complexity index is 820. The molecule has 1 aromatic heterocycles. The van der Waals surface area contributed by atoms with Crippen molar-refractivity contribution in [2.75, 3.05) is 0 Å². The van der Waals surface area contributed by atoms with Gasteiger partial charge in [0.25, 0.3) is 0 Å². The molecule has 0 aliphatic heterocycles. The number of ketones is 1. The summed E-state index contributed by atoms with van der Waals surface area (Å²) in [7, 11) is 0. The second-order valence-electron chi connectivity index (χ2n) is 11.6. The molecule has 8 atom stereocenters. The van der Waals surface area contributed by atoms with Crippen LogP contribution in [0.15, 0.2) is 0 Å². The molecule has 5 rings (SSSR count). The van der Waals surface area contributed by atoms with Crippen molar-refractivity contribution in [3.05, 3.63) is 5.82 Å². The van der Waals surface area contributed by atoms with Crippen LogP contribution in [0.25, 0.3) is 0 Å². The van der Waals surface area contributed by atoms with Crippen molar-refractivity contribution in [1.82, 2.24) is 20.2 Å². The highest BCUT2D eigenvalue weighted by Gasteiger charge is 2.58. The number of hydrogen-bond acceptors (Lipinski definition) is 5. The fourth-order valence-corrected chi connectivity index (χ4v) is 8.85. The number of Topliss-reactive ketones (excluding diaryl/α,β-unsaturated/α-hetero) is 1. The molecule has 4 fully saturated rings. The summed E-state index contributed by atoms with van der Waals surface area (Å²) in [6.07, 6.45) is 13.0. The fourth-order valence-electron chi connectivity index (χ4n) is 8.85. The average molecular weight is 429 g/mol. The number of rotatable bonds is 4. The van der Waals surface area contributed by atoms with E-state index >= 15 is 0 Å².